The number of nitrogens with one attached hydrogen (secondary N) is 1. The lowest BCUT2D eigenvalue weighted by atomic mass is 10.2. The van der Waals surface area contributed by atoms with Gasteiger partial charge in [0.05, 0.1) is 26.4 Å². The van der Waals surface area contributed by atoms with E-state index >= 15 is 0 Å². The van der Waals surface area contributed by atoms with Crippen molar-refractivity contribution >= 4 is 34.3 Å². The molecule has 9 heteroatoms. The van der Waals surface area contributed by atoms with Gasteiger partial charge < -0.3 is 24.6 Å². The van der Waals surface area contributed by atoms with E-state index < -0.39 is 0 Å². The molecule has 174 valence electrons. The number of hydrogen-bond donors (Lipinski definition) is 1. The van der Waals surface area contributed by atoms with Crippen LogP contribution in [0.25, 0.3) is 16.9 Å². The Balaban J connectivity index is 1.36. The zero-order valence-electron chi connectivity index (χ0n) is 18.9. The minimum absolute atomic E-state index is 0.672. The smallest absolute Gasteiger partial charge is 0.229 e. The van der Waals surface area contributed by atoms with E-state index in [9.17, 15) is 0 Å². The van der Waals surface area contributed by atoms with Gasteiger partial charge >= 0.3 is 0 Å². The van der Waals surface area contributed by atoms with Crippen LogP contribution in [0.5, 0.6) is 0 Å². The van der Waals surface area contributed by atoms with Gasteiger partial charge in [-0.3, -0.25) is 4.57 Å². The summed E-state index contributed by atoms with van der Waals surface area (Å²) in [5.74, 6) is 1.38. The van der Waals surface area contributed by atoms with Gasteiger partial charge in [0.25, 0.3) is 0 Å². The second-order valence-electron chi connectivity index (χ2n) is 8.37. The van der Waals surface area contributed by atoms with Crippen LogP contribution in [0.1, 0.15) is 0 Å². The fraction of sp³-hybridized carbons (Fsp3) is 0.320. The first-order valence-corrected chi connectivity index (χ1v) is 11.7. The van der Waals surface area contributed by atoms with Crippen molar-refractivity contribution in [1.29, 1.82) is 0 Å². The first-order valence-electron chi connectivity index (χ1n) is 11.7. The van der Waals surface area contributed by atoms with E-state index in [0.717, 1.165) is 61.9 Å². The maximum Gasteiger partial charge on any atom is 0.229 e. The molecule has 4 aromatic rings. The molecule has 6 rings (SSSR count). The Morgan fingerprint density at radius 3 is 2.09 bits per heavy atom. The number of anilines is 4. The Kier molecular flexibility index (Phi) is 5.70. The van der Waals surface area contributed by atoms with Crippen LogP contribution in [0.3, 0.4) is 0 Å². The number of nitrogens with zero attached hydrogens (tertiary/aromatic N) is 6. The van der Waals surface area contributed by atoms with Crippen molar-refractivity contribution in [2.45, 2.75) is 0 Å². The van der Waals surface area contributed by atoms with Crippen molar-refractivity contribution in [3.05, 3.63) is 60.9 Å². The summed E-state index contributed by atoms with van der Waals surface area (Å²) >= 11 is 0. The monoisotopic (exact) mass is 457 g/mol. The van der Waals surface area contributed by atoms with Crippen molar-refractivity contribution in [1.82, 2.24) is 19.5 Å². The van der Waals surface area contributed by atoms with Crippen LogP contribution < -0.4 is 15.1 Å². The molecule has 1 N–H and O–H groups in total. The van der Waals surface area contributed by atoms with Crippen molar-refractivity contribution < 1.29 is 9.47 Å². The molecule has 0 amide bonds. The predicted octanol–water partition coefficient (Wildman–Crippen LogP) is 3.23. The lowest BCUT2D eigenvalue weighted by molar-refractivity contribution is 0.122. The van der Waals surface area contributed by atoms with Gasteiger partial charge in [-0.05, 0) is 36.4 Å². The van der Waals surface area contributed by atoms with Gasteiger partial charge in [0.1, 0.15) is 6.33 Å². The zero-order valence-corrected chi connectivity index (χ0v) is 18.9. The van der Waals surface area contributed by atoms with Crippen LogP contribution >= 0.6 is 0 Å². The number of hydrogen-bond acceptors (Lipinski definition) is 8. The van der Waals surface area contributed by atoms with E-state index in [1.165, 1.54) is 5.69 Å². The third kappa shape index (κ3) is 4.15. The van der Waals surface area contributed by atoms with Crippen LogP contribution in [0.2, 0.25) is 0 Å². The van der Waals surface area contributed by atoms with E-state index in [4.69, 9.17) is 19.4 Å². The molecule has 2 saturated heterocycles. The van der Waals surface area contributed by atoms with Crippen molar-refractivity contribution in [3.63, 3.8) is 0 Å². The van der Waals surface area contributed by atoms with E-state index in [2.05, 4.69) is 56.5 Å². The van der Waals surface area contributed by atoms with Crippen molar-refractivity contribution in [2.75, 3.05) is 67.7 Å². The van der Waals surface area contributed by atoms with Gasteiger partial charge in [-0.15, -0.1) is 0 Å². The molecule has 2 fully saturated rings. The third-order valence-electron chi connectivity index (χ3n) is 6.22. The number of ether oxygens (including phenoxy) is 2. The molecule has 0 bridgehead atoms. The molecule has 2 aromatic carbocycles. The van der Waals surface area contributed by atoms with Crippen LogP contribution in [0, 0.1) is 0 Å². The van der Waals surface area contributed by atoms with E-state index in [1.54, 1.807) is 0 Å². The fourth-order valence-electron chi connectivity index (χ4n) is 4.37. The number of rotatable bonds is 5. The molecule has 0 spiro atoms. The number of aromatic nitrogens is 4. The molecule has 4 heterocycles. The average Bonchev–Trinajstić information content (AvgIpc) is 3.35. The Labute approximate surface area is 198 Å². The molecule has 2 aromatic heterocycles. The van der Waals surface area contributed by atoms with Gasteiger partial charge in [0, 0.05) is 43.2 Å². The first kappa shape index (κ1) is 20.9. The summed E-state index contributed by atoms with van der Waals surface area (Å²) in [5.41, 5.74) is 4.67. The van der Waals surface area contributed by atoms with Gasteiger partial charge in [-0.25, -0.2) is 4.98 Å². The minimum atomic E-state index is 0.672. The SMILES string of the molecule is c1ccc(-n2cnc3c(Nc4ccc(N5CCOCC5)cc4)nc(N4CCOCC4)nc32)cc1. The lowest BCUT2D eigenvalue weighted by Gasteiger charge is -2.29. The summed E-state index contributed by atoms with van der Waals surface area (Å²) in [5, 5.41) is 3.49. The summed E-state index contributed by atoms with van der Waals surface area (Å²) in [6, 6.07) is 18.6. The Bertz CT molecular complexity index is 1250. The highest BCUT2D eigenvalue weighted by Gasteiger charge is 2.20. The lowest BCUT2D eigenvalue weighted by Crippen LogP contribution is -2.37. The first-order chi connectivity index (χ1) is 16.8. The number of morpholine rings is 2. The summed E-state index contributed by atoms with van der Waals surface area (Å²) in [7, 11) is 0. The summed E-state index contributed by atoms with van der Waals surface area (Å²) in [4.78, 5) is 19.0. The average molecular weight is 458 g/mol. The highest BCUT2D eigenvalue weighted by Crippen LogP contribution is 2.28. The van der Waals surface area contributed by atoms with E-state index in [-0.39, 0.29) is 0 Å². The normalized spacial score (nSPS) is 16.7. The molecule has 34 heavy (non-hydrogen) atoms. The largest absolute Gasteiger partial charge is 0.378 e. The second kappa shape index (κ2) is 9.28. The van der Waals surface area contributed by atoms with Crippen LogP contribution in [0.15, 0.2) is 60.9 Å². The quantitative estimate of drug-likeness (QED) is 0.489. The molecule has 0 atom stereocenters. The van der Waals surface area contributed by atoms with Gasteiger partial charge in [0.2, 0.25) is 5.95 Å². The molecular formula is C25H27N7O2. The molecular weight excluding hydrogens is 430 g/mol. The topological polar surface area (TPSA) is 80.6 Å². The molecule has 0 unspecified atom stereocenters. The van der Waals surface area contributed by atoms with Gasteiger partial charge in [-0.1, -0.05) is 18.2 Å². The Hall–Kier alpha value is -3.69. The number of imidazole rings is 1. The Morgan fingerprint density at radius 1 is 0.706 bits per heavy atom. The molecule has 0 radical (unpaired) electrons. The van der Waals surface area contributed by atoms with Crippen LogP contribution in [0.4, 0.5) is 23.1 Å². The van der Waals surface area contributed by atoms with E-state index in [0.29, 0.717) is 25.0 Å². The predicted molar refractivity (Wildman–Crippen MR) is 132 cm³/mol. The van der Waals surface area contributed by atoms with E-state index in [1.807, 2.05) is 29.1 Å². The summed E-state index contributed by atoms with van der Waals surface area (Å²) in [6.07, 6.45) is 1.81. The number of fused-ring (bicyclic) bond motifs is 1. The van der Waals surface area contributed by atoms with Crippen molar-refractivity contribution in [2.24, 2.45) is 0 Å². The maximum absolute atomic E-state index is 5.53. The van der Waals surface area contributed by atoms with Gasteiger partial charge in [0.15, 0.2) is 17.0 Å². The molecule has 0 aliphatic carbocycles. The van der Waals surface area contributed by atoms with Crippen LogP contribution in [-0.2, 0) is 9.47 Å². The maximum atomic E-state index is 5.53. The van der Waals surface area contributed by atoms with Crippen LogP contribution in [-0.4, -0.2) is 72.1 Å². The molecule has 2 aliphatic rings. The third-order valence-corrected chi connectivity index (χ3v) is 6.22. The number of para-hydroxylation sites is 1. The Morgan fingerprint density at radius 2 is 1.38 bits per heavy atom. The summed E-state index contributed by atoms with van der Waals surface area (Å²) in [6.45, 7) is 6.24. The molecule has 9 nitrogen and oxygen atoms in total. The fourth-order valence-corrected chi connectivity index (χ4v) is 4.37. The highest BCUT2D eigenvalue weighted by molar-refractivity contribution is 5.87. The standard InChI is InChI=1S/C25H27N7O2/c1-2-4-21(5-3-1)32-18-26-22-23(28-25(29-24(22)32)31-12-16-34-17-13-31)27-19-6-8-20(9-7-19)30-10-14-33-15-11-30/h1-9,18H,10-17H2,(H,27,28,29). The van der Waals surface area contributed by atoms with Crippen molar-refractivity contribution in [3.8, 4) is 5.69 Å². The molecule has 0 saturated carbocycles. The highest BCUT2D eigenvalue weighted by atomic mass is 16.5. The molecule has 2 aliphatic heterocycles. The summed E-state index contributed by atoms with van der Waals surface area (Å²) < 4.78 is 13.0. The minimum Gasteiger partial charge on any atom is -0.378 e. The second-order valence-corrected chi connectivity index (χ2v) is 8.37. The van der Waals surface area contributed by atoms with Gasteiger partial charge in [-0.2, -0.15) is 9.97 Å². The zero-order chi connectivity index (χ0) is 22.7. The number of benzene rings is 2.